The summed E-state index contributed by atoms with van der Waals surface area (Å²) >= 11 is 0. The number of sulfonamides is 1. The van der Waals surface area contributed by atoms with Crippen LogP contribution in [0.1, 0.15) is 31.7 Å². The molecule has 1 atom stereocenters. The van der Waals surface area contributed by atoms with Crippen molar-refractivity contribution in [3.63, 3.8) is 0 Å². The van der Waals surface area contributed by atoms with Gasteiger partial charge >= 0.3 is 0 Å². The van der Waals surface area contributed by atoms with E-state index in [1.165, 1.54) is 0 Å². The fourth-order valence-corrected chi connectivity index (χ4v) is 5.20. The Kier molecular flexibility index (Phi) is 7.31. The fourth-order valence-electron chi connectivity index (χ4n) is 3.68. The summed E-state index contributed by atoms with van der Waals surface area (Å²) in [4.78, 5) is 7.24. The topological polar surface area (TPSA) is 74.2 Å². The van der Waals surface area contributed by atoms with Crippen molar-refractivity contribution < 1.29 is 13.2 Å². The highest BCUT2D eigenvalue weighted by Gasteiger charge is 2.26. The number of nitrogens with one attached hydrogen (secondary N) is 1. The van der Waals surface area contributed by atoms with Crippen molar-refractivity contribution in [2.75, 3.05) is 46.4 Å². The van der Waals surface area contributed by atoms with Crippen molar-refractivity contribution in [2.45, 2.75) is 37.6 Å². The van der Waals surface area contributed by atoms with Crippen LogP contribution in [0.5, 0.6) is 0 Å². The largest absolute Gasteiger partial charge is 0.381 e. The maximum absolute atomic E-state index is 12.6. The smallest absolute Gasteiger partial charge is 0.243 e. The summed E-state index contributed by atoms with van der Waals surface area (Å²) < 4.78 is 32.3. The van der Waals surface area contributed by atoms with E-state index < -0.39 is 10.0 Å². The van der Waals surface area contributed by atoms with Gasteiger partial charge in [0.2, 0.25) is 10.0 Å². The number of nitrogens with zero attached hydrogens (tertiary/aromatic N) is 3. The second-order valence-corrected chi connectivity index (χ2v) is 9.47. The third kappa shape index (κ3) is 5.24. The molecule has 8 heteroatoms. The lowest BCUT2D eigenvalue weighted by Crippen LogP contribution is -2.41. The van der Waals surface area contributed by atoms with E-state index in [-0.39, 0.29) is 0 Å². The van der Waals surface area contributed by atoms with Crippen LogP contribution >= 0.6 is 0 Å². The summed E-state index contributed by atoms with van der Waals surface area (Å²) in [6.07, 6.45) is 2.98. The summed E-state index contributed by atoms with van der Waals surface area (Å²) in [5, 5.41) is 3.33. The summed E-state index contributed by atoms with van der Waals surface area (Å²) in [5.74, 6) is 1.41. The van der Waals surface area contributed by atoms with E-state index in [0.717, 1.165) is 57.1 Å². The molecule has 0 radical (unpaired) electrons. The van der Waals surface area contributed by atoms with E-state index in [0.29, 0.717) is 30.4 Å². The van der Waals surface area contributed by atoms with Crippen LogP contribution < -0.4 is 5.32 Å². The van der Waals surface area contributed by atoms with E-state index in [1.807, 2.05) is 19.2 Å². The lowest BCUT2D eigenvalue weighted by Gasteiger charge is -2.24. The molecule has 2 aliphatic heterocycles. The number of hydrogen-bond donors (Lipinski definition) is 1. The van der Waals surface area contributed by atoms with E-state index >= 15 is 0 Å². The van der Waals surface area contributed by atoms with Gasteiger partial charge < -0.3 is 15.0 Å². The molecule has 156 valence electrons. The molecule has 2 aliphatic rings. The van der Waals surface area contributed by atoms with Gasteiger partial charge in [0.05, 0.1) is 18.0 Å². The molecule has 0 bridgehead atoms. The average molecular weight is 409 g/mol. The van der Waals surface area contributed by atoms with Gasteiger partial charge in [0.1, 0.15) is 0 Å². The van der Waals surface area contributed by atoms with E-state index in [4.69, 9.17) is 9.73 Å². The third-order valence-electron chi connectivity index (χ3n) is 5.29. The fraction of sp³-hybridized carbons (Fsp3) is 0.650. The van der Waals surface area contributed by atoms with Crippen molar-refractivity contribution >= 4 is 16.0 Å². The lowest BCUT2D eigenvalue weighted by molar-refractivity contribution is 0.181. The van der Waals surface area contributed by atoms with Crippen molar-refractivity contribution in [1.29, 1.82) is 0 Å². The Labute approximate surface area is 168 Å². The molecule has 1 aromatic carbocycles. The maximum Gasteiger partial charge on any atom is 0.243 e. The molecule has 0 aromatic heterocycles. The molecule has 1 N–H and O–H groups in total. The van der Waals surface area contributed by atoms with Gasteiger partial charge in [-0.1, -0.05) is 12.1 Å². The Balaban J connectivity index is 1.63. The summed E-state index contributed by atoms with van der Waals surface area (Å²) in [6.45, 7) is 7.20. The highest BCUT2D eigenvalue weighted by atomic mass is 32.2. The minimum atomic E-state index is -3.36. The SMILES string of the molecule is CCNC(=NCc1ccc(S(=O)(=O)N2CCCC2)cc1)N(C)CC1CCOC1. The van der Waals surface area contributed by atoms with Crippen molar-refractivity contribution in [1.82, 2.24) is 14.5 Å². The van der Waals surface area contributed by atoms with Gasteiger partial charge in [-0.15, -0.1) is 0 Å². The Morgan fingerprint density at radius 1 is 1.29 bits per heavy atom. The molecule has 7 nitrogen and oxygen atoms in total. The summed E-state index contributed by atoms with van der Waals surface area (Å²) in [6, 6.07) is 7.12. The van der Waals surface area contributed by atoms with Gasteiger partial charge in [-0.05, 0) is 43.9 Å². The van der Waals surface area contributed by atoms with Gasteiger partial charge in [-0.3, -0.25) is 0 Å². The molecule has 0 spiro atoms. The first kappa shape index (κ1) is 21.1. The standard InChI is InChI=1S/C20H32N4O3S/c1-3-21-20(23(2)15-18-10-13-27-16-18)22-14-17-6-8-19(9-7-17)28(25,26)24-11-4-5-12-24/h6-9,18H,3-5,10-16H2,1-2H3,(H,21,22). The molecule has 1 unspecified atom stereocenters. The maximum atomic E-state index is 12.6. The van der Waals surface area contributed by atoms with Crippen molar-refractivity contribution in [3.05, 3.63) is 29.8 Å². The van der Waals surface area contributed by atoms with Gasteiger partial charge in [-0.25, -0.2) is 13.4 Å². The number of hydrogen-bond acceptors (Lipinski definition) is 4. The van der Waals surface area contributed by atoms with E-state index in [2.05, 4.69) is 17.1 Å². The first-order chi connectivity index (χ1) is 13.5. The average Bonchev–Trinajstić information content (AvgIpc) is 3.39. The third-order valence-corrected chi connectivity index (χ3v) is 7.20. The van der Waals surface area contributed by atoms with Gasteiger partial charge in [0.15, 0.2) is 5.96 Å². The quantitative estimate of drug-likeness (QED) is 0.551. The lowest BCUT2D eigenvalue weighted by atomic mass is 10.1. The molecule has 1 aromatic rings. The van der Waals surface area contributed by atoms with Crippen molar-refractivity contribution in [2.24, 2.45) is 10.9 Å². The first-order valence-corrected chi connectivity index (χ1v) is 11.6. The van der Waals surface area contributed by atoms with Gasteiger partial charge in [0.25, 0.3) is 0 Å². The highest BCUT2D eigenvalue weighted by molar-refractivity contribution is 7.89. The molecule has 2 heterocycles. The van der Waals surface area contributed by atoms with E-state index in [9.17, 15) is 8.42 Å². The van der Waals surface area contributed by atoms with Crippen LogP contribution in [-0.4, -0.2) is 70.0 Å². The summed E-state index contributed by atoms with van der Waals surface area (Å²) in [7, 11) is -1.31. The number of rotatable bonds is 7. The second kappa shape index (κ2) is 9.71. The molecule has 2 saturated heterocycles. The van der Waals surface area contributed by atoms with Gasteiger partial charge in [0, 0.05) is 45.8 Å². The monoisotopic (exact) mass is 408 g/mol. The normalized spacial score (nSPS) is 21.2. The predicted octanol–water partition coefficient (Wildman–Crippen LogP) is 1.90. The van der Waals surface area contributed by atoms with E-state index in [1.54, 1.807) is 16.4 Å². The number of aliphatic imine (C=N–C) groups is 1. The Morgan fingerprint density at radius 2 is 2.00 bits per heavy atom. The van der Waals surface area contributed by atoms with Crippen LogP contribution in [0, 0.1) is 5.92 Å². The predicted molar refractivity (Wildman–Crippen MR) is 111 cm³/mol. The molecule has 2 fully saturated rings. The molecule has 0 amide bonds. The van der Waals surface area contributed by atoms with Crippen LogP contribution in [0.4, 0.5) is 0 Å². The highest BCUT2D eigenvalue weighted by Crippen LogP contribution is 2.21. The minimum absolute atomic E-state index is 0.368. The number of benzene rings is 1. The van der Waals surface area contributed by atoms with Gasteiger partial charge in [-0.2, -0.15) is 4.31 Å². The molecule has 28 heavy (non-hydrogen) atoms. The Morgan fingerprint density at radius 3 is 2.61 bits per heavy atom. The van der Waals surface area contributed by atoms with Crippen LogP contribution in [0.3, 0.4) is 0 Å². The van der Waals surface area contributed by atoms with Crippen LogP contribution in [0.25, 0.3) is 0 Å². The zero-order valence-corrected chi connectivity index (χ0v) is 17.7. The zero-order valence-electron chi connectivity index (χ0n) is 16.9. The van der Waals surface area contributed by atoms with Crippen LogP contribution in [0.2, 0.25) is 0 Å². The summed E-state index contributed by atoms with van der Waals surface area (Å²) in [5.41, 5.74) is 0.994. The Hall–Kier alpha value is -1.64. The first-order valence-electron chi connectivity index (χ1n) is 10.2. The van der Waals surface area contributed by atoms with Crippen LogP contribution in [0.15, 0.2) is 34.2 Å². The minimum Gasteiger partial charge on any atom is -0.381 e. The van der Waals surface area contributed by atoms with Crippen LogP contribution in [-0.2, 0) is 21.3 Å². The molecule has 3 rings (SSSR count). The number of ether oxygens (including phenoxy) is 1. The second-order valence-electron chi connectivity index (χ2n) is 7.54. The zero-order chi connectivity index (χ0) is 20.0. The van der Waals surface area contributed by atoms with Crippen molar-refractivity contribution in [3.8, 4) is 0 Å². The molecular weight excluding hydrogens is 376 g/mol. The molecular formula is C20H32N4O3S. The number of guanidine groups is 1. The molecule has 0 saturated carbocycles. The molecule has 0 aliphatic carbocycles. The Bertz CT molecular complexity index is 752.